The van der Waals surface area contributed by atoms with E-state index in [1.807, 2.05) is 4.90 Å². The van der Waals surface area contributed by atoms with Crippen LogP contribution in [0.25, 0.3) is 0 Å². The lowest BCUT2D eigenvalue weighted by Crippen LogP contribution is -2.41. The van der Waals surface area contributed by atoms with E-state index in [0.29, 0.717) is 43.5 Å². The molecular formula is C23H23F3N2O6. The number of nitrogens with zero attached hydrogens (tertiary/aromatic N) is 1. The van der Waals surface area contributed by atoms with Crippen molar-refractivity contribution in [1.82, 2.24) is 0 Å². The lowest BCUT2D eigenvalue weighted by Gasteiger charge is -2.31. The molecule has 2 aliphatic heterocycles. The van der Waals surface area contributed by atoms with E-state index in [9.17, 15) is 22.8 Å². The van der Waals surface area contributed by atoms with Crippen molar-refractivity contribution in [3.63, 3.8) is 0 Å². The number of morpholine rings is 1. The van der Waals surface area contributed by atoms with Crippen molar-refractivity contribution in [2.75, 3.05) is 43.1 Å². The number of nitrogens with one attached hydrogen (secondary N) is 1. The fourth-order valence-electron chi connectivity index (χ4n) is 3.57. The van der Waals surface area contributed by atoms with Gasteiger partial charge in [-0.15, -0.1) is 0 Å². The molecule has 0 aromatic heterocycles. The molecule has 1 fully saturated rings. The number of halogens is 3. The third-order valence-electron chi connectivity index (χ3n) is 5.37. The molecule has 0 saturated carbocycles. The van der Waals surface area contributed by atoms with Gasteiger partial charge in [-0.3, -0.25) is 4.79 Å². The van der Waals surface area contributed by atoms with E-state index in [1.165, 1.54) is 13.0 Å². The maximum absolute atomic E-state index is 13.3. The number of esters is 1. The highest BCUT2D eigenvalue weighted by Crippen LogP contribution is 2.36. The van der Waals surface area contributed by atoms with Crippen molar-refractivity contribution in [2.45, 2.75) is 25.3 Å². The number of benzene rings is 2. The van der Waals surface area contributed by atoms with Crippen LogP contribution < -0.4 is 19.7 Å². The summed E-state index contributed by atoms with van der Waals surface area (Å²) in [4.78, 5) is 27.1. The van der Waals surface area contributed by atoms with Crippen molar-refractivity contribution in [3.05, 3.63) is 48.0 Å². The molecule has 2 aromatic rings. The van der Waals surface area contributed by atoms with E-state index < -0.39 is 35.8 Å². The smallest absolute Gasteiger partial charge is 0.416 e. The normalized spacial score (nSPS) is 18.7. The number of carbonyl (C=O) groups is 2. The van der Waals surface area contributed by atoms with Crippen LogP contribution in [0.15, 0.2) is 42.5 Å². The summed E-state index contributed by atoms with van der Waals surface area (Å²) in [5, 5.41) is 2.47. The molecule has 34 heavy (non-hydrogen) atoms. The molecule has 0 aliphatic carbocycles. The molecule has 0 spiro atoms. The first-order chi connectivity index (χ1) is 16.2. The Balaban J connectivity index is 1.45. The number of alkyl halides is 3. The van der Waals surface area contributed by atoms with Gasteiger partial charge in [0.2, 0.25) is 6.10 Å². The molecule has 2 heterocycles. The Bertz CT molecular complexity index is 1060. The van der Waals surface area contributed by atoms with Crippen molar-refractivity contribution in [3.8, 4) is 11.5 Å². The molecular weight excluding hydrogens is 457 g/mol. The lowest BCUT2D eigenvalue weighted by atomic mass is 10.1. The van der Waals surface area contributed by atoms with Crippen LogP contribution in [0.5, 0.6) is 11.5 Å². The van der Waals surface area contributed by atoms with E-state index in [2.05, 4.69) is 5.32 Å². The zero-order valence-electron chi connectivity index (χ0n) is 18.3. The number of hydrogen-bond donors (Lipinski definition) is 1. The predicted octanol–water partition coefficient (Wildman–Crippen LogP) is 3.25. The number of ether oxygens (including phenoxy) is 4. The third kappa shape index (κ3) is 5.36. The van der Waals surface area contributed by atoms with Gasteiger partial charge in [0.05, 0.1) is 30.2 Å². The summed E-state index contributed by atoms with van der Waals surface area (Å²) in [6, 6.07) is 9.93. The van der Waals surface area contributed by atoms with E-state index in [1.54, 1.807) is 24.3 Å². The van der Waals surface area contributed by atoms with Crippen LogP contribution in [0, 0.1) is 0 Å². The molecule has 2 atom stereocenters. The Hall–Kier alpha value is -3.47. The summed E-state index contributed by atoms with van der Waals surface area (Å²) in [7, 11) is 0. The van der Waals surface area contributed by atoms with Gasteiger partial charge in [-0.25, -0.2) is 4.79 Å². The molecule has 2 aliphatic rings. The number of carbonyl (C=O) groups excluding carboxylic acids is 2. The largest absolute Gasteiger partial charge is 0.485 e. The first kappa shape index (κ1) is 23.7. The summed E-state index contributed by atoms with van der Waals surface area (Å²) in [6.45, 7) is 2.97. The van der Waals surface area contributed by atoms with E-state index in [0.717, 1.165) is 12.1 Å². The predicted molar refractivity (Wildman–Crippen MR) is 115 cm³/mol. The summed E-state index contributed by atoms with van der Waals surface area (Å²) in [5.74, 6) is -0.752. The molecule has 1 saturated heterocycles. The Morgan fingerprint density at radius 3 is 2.53 bits per heavy atom. The minimum absolute atomic E-state index is 0.0317. The number of fused-ring (bicyclic) bond motifs is 1. The zero-order chi connectivity index (χ0) is 24.3. The Morgan fingerprint density at radius 2 is 1.82 bits per heavy atom. The first-order valence-corrected chi connectivity index (χ1v) is 10.7. The fourth-order valence-corrected chi connectivity index (χ4v) is 3.57. The van der Waals surface area contributed by atoms with Crippen LogP contribution in [0.1, 0.15) is 12.5 Å². The molecule has 8 nitrogen and oxygen atoms in total. The van der Waals surface area contributed by atoms with Crippen LogP contribution in [-0.4, -0.2) is 57.0 Å². The van der Waals surface area contributed by atoms with Gasteiger partial charge in [-0.05, 0) is 37.3 Å². The van der Waals surface area contributed by atoms with E-state index in [-0.39, 0.29) is 12.3 Å². The maximum atomic E-state index is 13.3. The number of para-hydroxylation sites is 2. The van der Waals surface area contributed by atoms with Gasteiger partial charge in [0, 0.05) is 13.1 Å². The van der Waals surface area contributed by atoms with Crippen LogP contribution in [-0.2, 0) is 25.2 Å². The van der Waals surface area contributed by atoms with Crippen LogP contribution in [0.3, 0.4) is 0 Å². The minimum atomic E-state index is -4.59. The molecule has 0 bridgehead atoms. The molecule has 2 aromatic carbocycles. The summed E-state index contributed by atoms with van der Waals surface area (Å²) in [5.41, 5.74) is -0.518. The van der Waals surface area contributed by atoms with Gasteiger partial charge in [0.1, 0.15) is 6.61 Å². The third-order valence-corrected chi connectivity index (χ3v) is 5.37. The Labute approximate surface area is 193 Å². The van der Waals surface area contributed by atoms with E-state index in [4.69, 9.17) is 18.9 Å². The second kappa shape index (κ2) is 9.80. The Morgan fingerprint density at radius 1 is 1.12 bits per heavy atom. The van der Waals surface area contributed by atoms with Crippen LogP contribution in [0.4, 0.5) is 24.5 Å². The number of hydrogen-bond acceptors (Lipinski definition) is 7. The first-order valence-electron chi connectivity index (χ1n) is 10.7. The molecule has 2 unspecified atom stereocenters. The standard InChI is InChI=1S/C23H23F3N2O6/c1-14(33-22(30)20-13-32-18-4-2-3-5-19(18)34-20)21(29)27-16-12-15(23(24,25)26)6-7-17(16)28-8-10-31-11-9-28/h2-7,12,14,20H,8-11,13H2,1H3,(H,27,29). The van der Waals surface area contributed by atoms with E-state index >= 15 is 0 Å². The SMILES string of the molecule is CC(OC(=O)C1COc2ccccc2O1)C(=O)Nc1cc(C(F)(F)F)ccc1N1CCOCC1. The Kier molecular flexibility index (Phi) is 6.82. The average molecular weight is 480 g/mol. The van der Waals surface area contributed by atoms with Gasteiger partial charge < -0.3 is 29.2 Å². The number of amides is 1. The highest BCUT2D eigenvalue weighted by Gasteiger charge is 2.33. The lowest BCUT2D eigenvalue weighted by molar-refractivity contribution is -0.162. The second-order valence-electron chi connectivity index (χ2n) is 7.76. The highest BCUT2D eigenvalue weighted by molar-refractivity contribution is 5.98. The van der Waals surface area contributed by atoms with Crippen molar-refractivity contribution >= 4 is 23.3 Å². The number of rotatable bonds is 5. The molecule has 0 radical (unpaired) electrons. The fraction of sp³-hybridized carbons (Fsp3) is 0.391. The van der Waals surface area contributed by atoms with Crippen molar-refractivity contribution in [2.24, 2.45) is 0 Å². The van der Waals surface area contributed by atoms with Gasteiger partial charge in [-0.2, -0.15) is 13.2 Å². The van der Waals surface area contributed by atoms with Crippen molar-refractivity contribution < 1.29 is 41.7 Å². The molecule has 1 N–H and O–H groups in total. The van der Waals surface area contributed by atoms with Gasteiger partial charge in [0.25, 0.3) is 5.91 Å². The highest BCUT2D eigenvalue weighted by atomic mass is 19.4. The molecule has 1 amide bonds. The van der Waals surface area contributed by atoms with Crippen molar-refractivity contribution in [1.29, 1.82) is 0 Å². The molecule has 182 valence electrons. The summed E-state index contributed by atoms with van der Waals surface area (Å²) < 4.78 is 61.4. The van der Waals surface area contributed by atoms with Gasteiger partial charge in [0.15, 0.2) is 17.6 Å². The minimum Gasteiger partial charge on any atom is -0.485 e. The second-order valence-corrected chi connectivity index (χ2v) is 7.76. The van der Waals surface area contributed by atoms with Crippen LogP contribution in [0.2, 0.25) is 0 Å². The topological polar surface area (TPSA) is 86.3 Å². The maximum Gasteiger partial charge on any atom is 0.416 e. The zero-order valence-corrected chi connectivity index (χ0v) is 18.3. The quantitative estimate of drug-likeness (QED) is 0.658. The summed E-state index contributed by atoms with van der Waals surface area (Å²) in [6.07, 6.45) is -6.96. The molecule has 11 heteroatoms. The summed E-state index contributed by atoms with van der Waals surface area (Å²) >= 11 is 0. The average Bonchev–Trinajstić information content (AvgIpc) is 2.83. The monoisotopic (exact) mass is 480 g/mol. The van der Waals surface area contributed by atoms with Gasteiger partial charge in [-0.1, -0.05) is 12.1 Å². The van der Waals surface area contributed by atoms with Gasteiger partial charge >= 0.3 is 12.1 Å². The number of anilines is 2. The molecule has 4 rings (SSSR count). The van der Waals surface area contributed by atoms with Crippen LogP contribution >= 0.6 is 0 Å².